The number of carbonyl (C=O) groups excluding carboxylic acids is 1. The molecule has 1 aliphatic carbocycles. The summed E-state index contributed by atoms with van der Waals surface area (Å²) in [6, 6.07) is 0. The van der Waals surface area contributed by atoms with Crippen LogP contribution < -0.4 is 5.32 Å². The first-order valence-electron chi connectivity index (χ1n) is 3.19. The third-order valence-corrected chi connectivity index (χ3v) is 2.59. The number of ether oxygens (including phenoxy) is 1. The molecule has 1 amide bonds. The van der Waals surface area contributed by atoms with Gasteiger partial charge in [-0.05, 0) is 12.8 Å². The first-order valence-corrected chi connectivity index (χ1v) is 4.31. The van der Waals surface area contributed by atoms with Crippen molar-refractivity contribution in [3.63, 3.8) is 0 Å². The minimum Gasteiger partial charge on any atom is -0.442 e. The molecule has 0 aliphatic heterocycles. The van der Waals surface area contributed by atoms with E-state index in [0.717, 1.165) is 18.2 Å². The summed E-state index contributed by atoms with van der Waals surface area (Å²) in [7, 11) is 1.56. The lowest BCUT2D eigenvalue weighted by molar-refractivity contribution is 0.0985. The van der Waals surface area contributed by atoms with Crippen molar-refractivity contribution in [1.29, 1.82) is 0 Å². The Labute approximate surface area is 68.3 Å². The van der Waals surface area contributed by atoms with Crippen LogP contribution in [0.4, 0.5) is 4.79 Å². The van der Waals surface area contributed by atoms with E-state index >= 15 is 0 Å². The molecule has 10 heavy (non-hydrogen) atoms. The van der Waals surface area contributed by atoms with Gasteiger partial charge in [0.1, 0.15) is 5.60 Å². The molecule has 1 saturated carbocycles. The van der Waals surface area contributed by atoms with Gasteiger partial charge in [0.15, 0.2) is 0 Å². The first kappa shape index (κ1) is 7.85. The van der Waals surface area contributed by atoms with E-state index in [2.05, 4.69) is 21.2 Å². The highest BCUT2D eigenvalue weighted by Crippen LogP contribution is 2.40. The van der Waals surface area contributed by atoms with Crippen molar-refractivity contribution in [2.24, 2.45) is 0 Å². The van der Waals surface area contributed by atoms with E-state index in [-0.39, 0.29) is 11.7 Å². The third kappa shape index (κ3) is 1.62. The average Bonchev–Trinajstić information content (AvgIpc) is 2.70. The molecule has 1 aliphatic rings. The standard InChI is InChI=1S/C6H10BrNO2/c1-8-5(9)10-6(4-7)2-3-6/h2-4H2,1H3,(H,8,9). The summed E-state index contributed by atoms with van der Waals surface area (Å²) in [5, 5.41) is 3.16. The molecular formula is C6H10BrNO2. The molecular weight excluding hydrogens is 198 g/mol. The Morgan fingerprint density at radius 3 is 2.70 bits per heavy atom. The van der Waals surface area contributed by atoms with Gasteiger partial charge in [-0.3, -0.25) is 0 Å². The van der Waals surface area contributed by atoms with Gasteiger partial charge < -0.3 is 10.1 Å². The highest BCUT2D eigenvalue weighted by atomic mass is 79.9. The summed E-state index contributed by atoms with van der Waals surface area (Å²) >= 11 is 3.29. The van der Waals surface area contributed by atoms with E-state index in [1.807, 2.05) is 0 Å². The van der Waals surface area contributed by atoms with Crippen LogP contribution in [0.3, 0.4) is 0 Å². The lowest BCUT2D eigenvalue weighted by Crippen LogP contribution is -2.28. The van der Waals surface area contributed by atoms with Crippen LogP contribution >= 0.6 is 15.9 Å². The van der Waals surface area contributed by atoms with E-state index in [1.54, 1.807) is 7.05 Å². The van der Waals surface area contributed by atoms with Gasteiger partial charge in [0.2, 0.25) is 0 Å². The molecule has 3 nitrogen and oxygen atoms in total. The Morgan fingerprint density at radius 2 is 2.40 bits per heavy atom. The van der Waals surface area contributed by atoms with Gasteiger partial charge >= 0.3 is 6.09 Å². The number of alkyl halides is 1. The lowest BCUT2D eigenvalue weighted by atomic mass is 10.4. The molecule has 1 fully saturated rings. The van der Waals surface area contributed by atoms with E-state index < -0.39 is 0 Å². The Kier molecular flexibility index (Phi) is 2.18. The Balaban J connectivity index is 2.30. The number of hydrogen-bond acceptors (Lipinski definition) is 2. The van der Waals surface area contributed by atoms with Crippen LogP contribution in [0.25, 0.3) is 0 Å². The summed E-state index contributed by atoms with van der Waals surface area (Å²) in [4.78, 5) is 10.7. The molecule has 58 valence electrons. The second-order valence-electron chi connectivity index (χ2n) is 2.46. The number of carbonyl (C=O) groups is 1. The fraction of sp³-hybridized carbons (Fsp3) is 0.833. The number of halogens is 1. The third-order valence-electron chi connectivity index (χ3n) is 1.56. The molecule has 1 N–H and O–H groups in total. The maximum Gasteiger partial charge on any atom is 0.407 e. The number of hydrogen-bond donors (Lipinski definition) is 1. The van der Waals surface area contributed by atoms with Crippen LogP contribution in [0.15, 0.2) is 0 Å². The Morgan fingerprint density at radius 1 is 1.80 bits per heavy atom. The van der Waals surface area contributed by atoms with Crippen LogP contribution in [0.5, 0.6) is 0 Å². The smallest absolute Gasteiger partial charge is 0.407 e. The number of amides is 1. The van der Waals surface area contributed by atoms with Gasteiger partial charge in [0.05, 0.1) is 0 Å². The maximum atomic E-state index is 10.7. The number of alkyl carbamates (subject to hydrolysis) is 1. The summed E-state index contributed by atoms with van der Waals surface area (Å²) in [5.74, 6) is 0. The van der Waals surface area contributed by atoms with E-state index in [9.17, 15) is 4.79 Å². The zero-order valence-corrected chi connectivity index (χ0v) is 7.40. The van der Waals surface area contributed by atoms with Crippen LogP contribution in [0.1, 0.15) is 12.8 Å². The van der Waals surface area contributed by atoms with Gasteiger partial charge in [0, 0.05) is 12.4 Å². The van der Waals surface area contributed by atoms with Crippen LogP contribution in [0.2, 0.25) is 0 Å². The van der Waals surface area contributed by atoms with Gasteiger partial charge in [-0.25, -0.2) is 4.79 Å². The van der Waals surface area contributed by atoms with Crippen molar-refractivity contribution in [3.05, 3.63) is 0 Å². The molecule has 1 rings (SSSR count). The van der Waals surface area contributed by atoms with Crippen molar-refractivity contribution in [1.82, 2.24) is 5.32 Å². The summed E-state index contributed by atoms with van der Waals surface area (Å²) in [5.41, 5.74) is -0.180. The van der Waals surface area contributed by atoms with E-state index in [1.165, 1.54) is 0 Å². The SMILES string of the molecule is CNC(=O)OC1(CBr)CC1. The van der Waals surface area contributed by atoms with Crippen LogP contribution in [-0.2, 0) is 4.74 Å². The predicted molar refractivity (Wildman–Crippen MR) is 41.3 cm³/mol. The molecule has 4 heteroatoms. The molecule has 0 aromatic carbocycles. The largest absolute Gasteiger partial charge is 0.442 e. The molecule has 0 bridgehead atoms. The van der Waals surface area contributed by atoms with Crippen molar-refractivity contribution < 1.29 is 9.53 Å². The van der Waals surface area contributed by atoms with Gasteiger partial charge in [0.25, 0.3) is 0 Å². The van der Waals surface area contributed by atoms with Crippen molar-refractivity contribution >= 4 is 22.0 Å². The normalized spacial score (nSPS) is 19.8. The van der Waals surface area contributed by atoms with Crippen molar-refractivity contribution in [2.75, 3.05) is 12.4 Å². The molecule has 0 heterocycles. The second kappa shape index (κ2) is 2.78. The van der Waals surface area contributed by atoms with Crippen molar-refractivity contribution in [3.8, 4) is 0 Å². The predicted octanol–water partition coefficient (Wildman–Crippen LogP) is 1.27. The minimum atomic E-state index is -0.336. The Bertz CT molecular complexity index is 145. The summed E-state index contributed by atoms with van der Waals surface area (Å²) < 4.78 is 5.05. The first-order chi connectivity index (χ1) is 4.72. The molecule has 0 atom stereocenters. The fourth-order valence-corrected chi connectivity index (χ4v) is 1.33. The summed E-state index contributed by atoms with van der Waals surface area (Å²) in [6.07, 6.45) is 1.62. The fourth-order valence-electron chi connectivity index (χ4n) is 0.650. The highest BCUT2D eigenvalue weighted by Gasteiger charge is 2.45. The molecule has 0 aromatic heterocycles. The van der Waals surface area contributed by atoms with Crippen LogP contribution in [0, 0.1) is 0 Å². The van der Waals surface area contributed by atoms with Crippen LogP contribution in [-0.4, -0.2) is 24.1 Å². The summed E-state index contributed by atoms with van der Waals surface area (Å²) in [6.45, 7) is 0. The Hall–Kier alpha value is -0.250. The van der Waals surface area contributed by atoms with Gasteiger partial charge in [-0.15, -0.1) is 0 Å². The topological polar surface area (TPSA) is 38.3 Å². The molecule has 0 aromatic rings. The highest BCUT2D eigenvalue weighted by molar-refractivity contribution is 9.09. The molecule has 0 saturated heterocycles. The van der Waals surface area contributed by atoms with Gasteiger partial charge in [-0.1, -0.05) is 15.9 Å². The maximum absolute atomic E-state index is 10.7. The minimum absolute atomic E-state index is 0.180. The average molecular weight is 208 g/mol. The zero-order valence-electron chi connectivity index (χ0n) is 5.82. The monoisotopic (exact) mass is 207 g/mol. The molecule has 0 unspecified atom stereocenters. The second-order valence-corrected chi connectivity index (χ2v) is 3.02. The molecule has 0 spiro atoms. The zero-order chi connectivity index (χ0) is 7.61. The lowest BCUT2D eigenvalue weighted by Gasteiger charge is -2.11. The van der Waals surface area contributed by atoms with E-state index in [4.69, 9.17) is 4.74 Å². The van der Waals surface area contributed by atoms with Gasteiger partial charge in [-0.2, -0.15) is 0 Å². The number of rotatable bonds is 2. The van der Waals surface area contributed by atoms with Crippen molar-refractivity contribution in [2.45, 2.75) is 18.4 Å². The van der Waals surface area contributed by atoms with E-state index in [0.29, 0.717) is 0 Å². The quantitative estimate of drug-likeness (QED) is 0.694. The molecule has 0 radical (unpaired) electrons. The number of nitrogens with one attached hydrogen (secondary N) is 1.